The summed E-state index contributed by atoms with van der Waals surface area (Å²) < 4.78 is 42.9. The second kappa shape index (κ2) is 8.67. The average molecular weight is 453 g/mol. The summed E-state index contributed by atoms with van der Waals surface area (Å²) in [5.41, 5.74) is 2.06. The Morgan fingerprint density at radius 1 is 1.23 bits per heavy atom. The summed E-state index contributed by atoms with van der Waals surface area (Å²) in [5, 5.41) is 14.8. The fourth-order valence-electron chi connectivity index (χ4n) is 4.19. The molecule has 166 valence electrons. The predicted molar refractivity (Wildman–Crippen MR) is 112 cm³/mol. The third-order valence-electron chi connectivity index (χ3n) is 5.97. The molecule has 9 heteroatoms. The lowest BCUT2D eigenvalue weighted by atomic mass is 9.80. The number of halogens is 4. The van der Waals surface area contributed by atoms with Crippen molar-refractivity contribution in [3.05, 3.63) is 64.5 Å². The van der Waals surface area contributed by atoms with Gasteiger partial charge in [-0.1, -0.05) is 18.0 Å². The zero-order chi connectivity index (χ0) is 22.2. The van der Waals surface area contributed by atoms with Crippen molar-refractivity contribution in [1.29, 1.82) is 0 Å². The number of alkyl halides is 3. The minimum Gasteiger partial charge on any atom is -0.396 e. The Hall–Kier alpha value is -2.32. The van der Waals surface area contributed by atoms with E-state index >= 15 is 0 Å². The van der Waals surface area contributed by atoms with E-state index in [0.29, 0.717) is 23.8 Å². The maximum atomic E-state index is 13.2. The molecule has 1 saturated carbocycles. The molecule has 4 rings (SSSR count). The van der Waals surface area contributed by atoms with Crippen molar-refractivity contribution in [3.8, 4) is 5.69 Å². The van der Waals surface area contributed by atoms with E-state index in [1.807, 2.05) is 28.9 Å². The maximum Gasteiger partial charge on any atom is 0.434 e. The first-order chi connectivity index (χ1) is 14.8. The molecule has 0 amide bonds. The third kappa shape index (κ3) is 4.50. The zero-order valence-electron chi connectivity index (χ0n) is 17.1. The number of aliphatic hydroxyl groups is 1. The van der Waals surface area contributed by atoms with E-state index in [4.69, 9.17) is 11.6 Å². The summed E-state index contributed by atoms with van der Waals surface area (Å²) in [6.07, 6.45) is 2.38. The summed E-state index contributed by atoms with van der Waals surface area (Å²) in [6.45, 7) is 1.43. The van der Waals surface area contributed by atoms with Crippen molar-refractivity contribution in [2.75, 3.05) is 6.61 Å². The van der Waals surface area contributed by atoms with Crippen LogP contribution < -0.4 is 0 Å². The number of imidazole rings is 1. The number of nitrogens with zero attached hydrogens (tertiary/aromatic N) is 4. The average Bonchev–Trinajstić information content (AvgIpc) is 3.25. The molecule has 0 saturated heterocycles. The van der Waals surface area contributed by atoms with Crippen LogP contribution in [0.2, 0.25) is 5.02 Å². The number of benzene rings is 1. The molecule has 5 nitrogen and oxygen atoms in total. The summed E-state index contributed by atoms with van der Waals surface area (Å²) >= 11 is 6.02. The number of aliphatic hydroxyl groups excluding tert-OH is 1. The molecule has 0 spiro atoms. The highest BCUT2D eigenvalue weighted by atomic mass is 35.5. The van der Waals surface area contributed by atoms with E-state index in [9.17, 15) is 18.3 Å². The van der Waals surface area contributed by atoms with Crippen LogP contribution in [0.25, 0.3) is 5.69 Å². The lowest BCUT2D eigenvalue weighted by molar-refractivity contribution is -0.141. The van der Waals surface area contributed by atoms with Crippen molar-refractivity contribution < 1.29 is 18.3 Å². The van der Waals surface area contributed by atoms with Crippen LogP contribution in [0.3, 0.4) is 0 Å². The Labute approximate surface area is 183 Å². The number of hydrogen-bond donors (Lipinski definition) is 1. The molecule has 0 radical (unpaired) electrons. The molecule has 0 bridgehead atoms. The van der Waals surface area contributed by atoms with Gasteiger partial charge in [0.1, 0.15) is 5.82 Å². The number of aromatic nitrogens is 4. The van der Waals surface area contributed by atoms with Crippen LogP contribution in [0.1, 0.15) is 60.4 Å². The molecule has 2 heterocycles. The molecule has 1 aromatic carbocycles. The maximum absolute atomic E-state index is 13.2. The van der Waals surface area contributed by atoms with Gasteiger partial charge in [-0.3, -0.25) is 0 Å². The van der Waals surface area contributed by atoms with Crippen LogP contribution in [-0.4, -0.2) is 31.0 Å². The number of hydrogen-bond acceptors (Lipinski definition) is 3. The van der Waals surface area contributed by atoms with Crippen LogP contribution in [0.4, 0.5) is 13.2 Å². The monoisotopic (exact) mass is 452 g/mol. The zero-order valence-corrected chi connectivity index (χ0v) is 17.9. The first-order valence-corrected chi connectivity index (χ1v) is 10.7. The van der Waals surface area contributed by atoms with Gasteiger partial charge in [-0.15, -0.1) is 0 Å². The fraction of sp³-hybridized carbons (Fsp3) is 0.455. The summed E-state index contributed by atoms with van der Waals surface area (Å²) in [7, 11) is 0. The molecule has 1 N–H and O–H groups in total. The normalized spacial score (nSPS) is 15.8. The molecule has 0 aliphatic heterocycles. The van der Waals surface area contributed by atoms with Gasteiger partial charge in [0.25, 0.3) is 0 Å². The smallest absolute Gasteiger partial charge is 0.396 e. The molecule has 1 fully saturated rings. The molecule has 1 atom stereocenters. The molecule has 1 unspecified atom stereocenters. The molecular formula is C22H24ClF3N4O. The highest BCUT2D eigenvalue weighted by Gasteiger charge is 2.35. The summed E-state index contributed by atoms with van der Waals surface area (Å²) in [4.78, 5) is 3.70. The van der Waals surface area contributed by atoms with Gasteiger partial charge in [-0.05, 0) is 62.4 Å². The lowest BCUT2D eigenvalue weighted by Gasteiger charge is -2.28. The van der Waals surface area contributed by atoms with E-state index in [0.717, 1.165) is 42.4 Å². The Balaban J connectivity index is 1.70. The third-order valence-corrected chi connectivity index (χ3v) is 6.22. The van der Waals surface area contributed by atoms with Crippen molar-refractivity contribution >= 4 is 11.6 Å². The fourth-order valence-corrected chi connectivity index (χ4v) is 4.31. The van der Waals surface area contributed by atoms with Gasteiger partial charge in [-0.25, -0.2) is 9.67 Å². The van der Waals surface area contributed by atoms with Crippen molar-refractivity contribution in [2.45, 2.75) is 57.2 Å². The molecule has 2 aromatic heterocycles. The second-order valence-electron chi connectivity index (χ2n) is 8.02. The van der Waals surface area contributed by atoms with Crippen LogP contribution >= 0.6 is 11.6 Å². The van der Waals surface area contributed by atoms with Crippen molar-refractivity contribution in [1.82, 2.24) is 19.3 Å². The molecule has 1 aliphatic carbocycles. The van der Waals surface area contributed by atoms with E-state index in [1.165, 1.54) is 4.57 Å². The number of aryl methyl sites for hydroxylation is 1. The predicted octanol–water partition coefficient (Wildman–Crippen LogP) is 5.48. The van der Waals surface area contributed by atoms with Gasteiger partial charge in [0.15, 0.2) is 5.69 Å². The van der Waals surface area contributed by atoms with Gasteiger partial charge in [0.05, 0.1) is 17.6 Å². The highest BCUT2D eigenvalue weighted by Crippen LogP contribution is 2.40. The quantitative estimate of drug-likeness (QED) is 0.516. The number of rotatable bonds is 7. The van der Waals surface area contributed by atoms with Crippen LogP contribution in [0.15, 0.2) is 36.7 Å². The van der Waals surface area contributed by atoms with Crippen molar-refractivity contribution in [2.24, 2.45) is 0 Å². The highest BCUT2D eigenvalue weighted by molar-refractivity contribution is 6.30. The molecule has 31 heavy (non-hydrogen) atoms. The molecular weight excluding hydrogens is 429 g/mol. The topological polar surface area (TPSA) is 55.9 Å². The summed E-state index contributed by atoms with van der Waals surface area (Å²) in [6, 6.07) is 7.08. The van der Waals surface area contributed by atoms with Gasteiger partial charge in [0, 0.05) is 29.8 Å². The van der Waals surface area contributed by atoms with Gasteiger partial charge in [-0.2, -0.15) is 18.3 Å². The first kappa shape index (κ1) is 21.9. The van der Waals surface area contributed by atoms with E-state index in [-0.39, 0.29) is 18.5 Å². The van der Waals surface area contributed by atoms with Crippen molar-refractivity contribution in [3.63, 3.8) is 0 Å². The Bertz CT molecular complexity index is 1040. The Morgan fingerprint density at radius 2 is 1.94 bits per heavy atom. The van der Waals surface area contributed by atoms with E-state index < -0.39 is 11.9 Å². The molecule has 1 aliphatic rings. The van der Waals surface area contributed by atoms with Gasteiger partial charge < -0.3 is 9.67 Å². The van der Waals surface area contributed by atoms with E-state index in [2.05, 4.69) is 10.1 Å². The first-order valence-electron chi connectivity index (χ1n) is 10.3. The van der Waals surface area contributed by atoms with Crippen LogP contribution in [0.5, 0.6) is 0 Å². The largest absolute Gasteiger partial charge is 0.434 e. The lowest BCUT2D eigenvalue weighted by Crippen LogP contribution is -2.19. The summed E-state index contributed by atoms with van der Waals surface area (Å²) in [5.74, 6) is 0.638. The van der Waals surface area contributed by atoms with Gasteiger partial charge >= 0.3 is 6.18 Å². The molecule has 3 aromatic rings. The SMILES string of the molecule is Cc1nc(C(F)(F)F)cn1C(CCO)Cc1cnn(-c2ccc(Cl)cc2)c1C1CCC1. The standard InChI is InChI=1S/C22H24ClF3N4O/c1-14-28-20(22(24,25)26)13-29(14)19(9-10-31)11-16-12-27-30(21(16)15-3-2-4-15)18-7-5-17(23)6-8-18/h5-8,12-13,15,19,31H,2-4,9-11H2,1H3. The van der Waals surface area contributed by atoms with Gasteiger partial charge in [0.2, 0.25) is 0 Å². The van der Waals surface area contributed by atoms with Crippen LogP contribution in [-0.2, 0) is 12.6 Å². The minimum absolute atomic E-state index is 0.131. The second-order valence-corrected chi connectivity index (χ2v) is 8.46. The van der Waals surface area contributed by atoms with Crippen LogP contribution in [0, 0.1) is 6.92 Å². The van der Waals surface area contributed by atoms with E-state index in [1.54, 1.807) is 13.1 Å². The Kier molecular flexibility index (Phi) is 6.12. The Morgan fingerprint density at radius 3 is 2.48 bits per heavy atom. The minimum atomic E-state index is -4.50.